The van der Waals surface area contributed by atoms with Gasteiger partial charge in [-0.25, -0.2) is 0 Å². The smallest absolute Gasteiger partial charge is 0.153 e. The van der Waals surface area contributed by atoms with Crippen molar-refractivity contribution in [3.63, 3.8) is 0 Å². The molecule has 0 unspecified atom stereocenters. The van der Waals surface area contributed by atoms with Crippen molar-refractivity contribution in [3.8, 4) is 0 Å². The zero-order chi connectivity index (χ0) is 12.4. The van der Waals surface area contributed by atoms with Crippen LogP contribution in [0.15, 0.2) is 24.3 Å². The minimum absolute atomic E-state index is 0.357. The first-order valence-corrected chi connectivity index (χ1v) is 6.94. The fraction of sp³-hybridized carbons (Fsp3) is 0.533. The summed E-state index contributed by atoms with van der Waals surface area (Å²) in [6, 6.07) is 8.71. The minimum Gasteiger partial charge on any atom is -0.372 e. The van der Waals surface area contributed by atoms with Crippen LogP contribution < -0.4 is 9.80 Å². The van der Waals surface area contributed by atoms with Crippen LogP contribution >= 0.6 is 0 Å². The van der Waals surface area contributed by atoms with Crippen LogP contribution in [0.5, 0.6) is 0 Å². The summed E-state index contributed by atoms with van der Waals surface area (Å²) in [7, 11) is 0. The monoisotopic (exact) mass is 244 g/mol. The maximum absolute atomic E-state index is 11.3. The average molecular weight is 244 g/mol. The summed E-state index contributed by atoms with van der Waals surface area (Å²) in [6.07, 6.45) is 4.68. The Morgan fingerprint density at radius 3 is 1.94 bits per heavy atom. The molecule has 0 atom stereocenters. The zero-order valence-electron chi connectivity index (χ0n) is 10.8. The molecule has 2 saturated heterocycles. The third kappa shape index (κ3) is 2.35. The molecule has 96 valence electrons. The van der Waals surface area contributed by atoms with Gasteiger partial charge in [0.05, 0.1) is 6.54 Å². The van der Waals surface area contributed by atoms with Gasteiger partial charge in [-0.15, -0.1) is 0 Å². The molecule has 18 heavy (non-hydrogen) atoms. The molecule has 0 amide bonds. The van der Waals surface area contributed by atoms with Crippen LogP contribution in [0.25, 0.3) is 0 Å². The lowest BCUT2D eigenvalue weighted by Crippen LogP contribution is -2.29. The van der Waals surface area contributed by atoms with E-state index in [0.717, 1.165) is 6.54 Å². The molecule has 2 aliphatic rings. The predicted octanol–water partition coefficient (Wildman–Crippen LogP) is 2.46. The Morgan fingerprint density at radius 1 is 0.778 bits per heavy atom. The van der Waals surface area contributed by atoms with Gasteiger partial charge >= 0.3 is 0 Å². The first-order valence-electron chi connectivity index (χ1n) is 6.94. The van der Waals surface area contributed by atoms with Crippen LogP contribution in [0.1, 0.15) is 25.7 Å². The molecular formula is C15H20N2O. The topological polar surface area (TPSA) is 23.6 Å². The van der Waals surface area contributed by atoms with E-state index in [9.17, 15) is 4.79 Å². The molecule has 0 saturated carbocycles. The van der Waals surface area contributed by atoms with E-state index < -0.39 is 0 Å². The predicted molar refractivity (Wildman–Crippen MR) is 74.3 cm³/mol. The van der Waals surface area contributed by atoms with Gasteiger partial charge in [0.25, 0.3) is 0 Å². The number of nitrogens with zero attached hydrogens (tertiary/aromatic N) is 2. The lowest BCUT2D eigenvalue weighted by molar-refractivity contribution is -0.116. The molecule has 2 heterocycles. The van der Waals surface area contributed by atoms with Crippen LogP contribution in [-0.4, -0.2) is 32.0 Å². The first kappa shape index (κ1) is 11.6. The number of carbonyl (C=O) groups is 1. The molecule has 1 aromatic carbocycles. The van der Waals surface area contributed by atoms with Gasteiger partial charge in [-0.05, 0) is 43.5 Å². The maximum atomic E-state index is 11.3. The van der Waals surface area contributed by atoms with Crippen LogP contribution in [0, 0.1) is 0 Å². The Balaban J connectivity index is 1.70. The van der Waals surface area contributed by atoms with E-state index in [-0.39, 0.29) is 0 Å². The summed E-state index contributed by atoms with van der Waals surface area (Å²) in [5.41, 5.74) is 2.51. The number of Topliss-reactive ketones (excluding diaryl/α,β-unsaturated/α-hetero) is 1. The third-order valence-corrected chi connectivity index (χ3v) is 3.96. The van der Waals surface area contributed by atoms with Crippen LogP contribution in [-0.2, 0) is 4.79 Å². The summed E-state index contributed by atoms with van der Waals surface area (Å²) < 4.78 is 0. The Kier molecular flexibility index (Phi) is 3.22. The molecule has 0 aromatic heterocycles. The van der Waals surface area contributed by atoms with Crippen molar-refractivity contribution < 1.29 is 4.79 Å². The highest BCUT2D eigenvalue weighted by Gasteiger charge is 2.19. The van der Waals surface area contributed by atoms with E-state index in [2.05, 4.69) is 34.1 Å². The van der Waals surface area contributed by atoms with Crippen LogP contribution in [0.3, 0.4) is 0 Å². The van der Waals surface area contributed by atoms with E-state index in [1.807, 2.05) is 0 Å². The van der Waals surface area contributed by atoms with Crippen molar-refractivity contribution in [1.82, 2.24) is 0 Å². The van der Waals surface area contributed by atoms with E-state index in [4.69, 9.17) is 0 Å². The van der Waals surface area contributed by atoms with Crippen molar-refractivity contribution in [3.05, 3.63) is 24.3 Å². The number of hydrogen-bond donors (Lipinski definition) is 0. The summed E-state index contributed by atoms with van der Waals surface area (Å²) in [5.74, 6) is 0.357. The molecule has 1 aromatic rings. The molecule has 3 heteroatoms. The lowest BCUT2D eigenvalue weighted by atomic mass is 10.1. The first-order chi connectivity index (χ1) is 8.83. The van der Waals surface area contributed by atoms with Gasteiger partial charge in [-0.2, -0.15) is 0 Å². The fourth-order valence-electron chi connectivity index (χ4n) is 2.88. The normalized spacial score (nSPS) is 20.6. The molecule has 2 fully saturated rings. The maximum Gasteiger partial charge on any atom is 0.153 e. The van der Waals surface area contributed by atoms with Crippen LogP contribution in [0.2, 0.25) is 0 Å². The molecule has 0 aliphatic carbocycles. The Bertz CT molecular complexity index is 421. The molecule has 3 nitrogen and oxygen atoms in total. The average Bonchev–Trinajstić information content (AvgIpc) is 2.87. The second-order valence-corrected chi connectivity index (χ2v) is 5.27. The van der Waals surface area contributed by atoms with Crippen molar-refractivity contribution in [1.29, 1.82) is 0 Å². The van der Waals surface area contributed by atoms with Crippen LogP contribution in [0.4, 0.5) is 11.4 Å². The van der Waals surface area contributed by atoms with Gasteiger partial charge in [-0.1, -0.05) is 0 Å². The van der Waals surface area contributed by atoms with E-state index in [0.29, 0.717) is 18.7 Å². The second kappa shape index (κ2) is 5.01. The molecule has 2 aliphatic heterocycles. The Labute approximate surface area is 108 Å². The summed E-state index contributed by atoms with van der Waals surface area (Å²) in [6.45, 7) is 3.83. The van der Waals surface area contributed by atoms with Crippen molar-refractivity contribution in [2.24, 2.45) is 0 Å². The zero-order valence-corrected chi connectivity index (χ0v) is 10.8. The highest BCUT2D eigenvalue weighted by molar-refractivity contribution is 5.87. The number of ketones is 1. The highest BCUT2D eigenvalue weighted by Crippen LogP contribution is 2.24. The Morgan fingerprint density at radius 2 is 1.39 bits per heavy atom. The molecule has 0 bridgehead atoms. The van der Waals surface area contributed by atoms with Gasteiger partial charge in [-0.3, -0.25) is 4.79 Å². The standard InChI is InChI=1S/C15H20N2O/c18-15-8-11-17(12-15)14-6-4-13(5-7-14)16-9-2-1-3-10-16/h4-7H,1-3,8-12H2. The van der Waals surface area contributed by atoms with E-state index in [1.54, 1.807) is 0 Å². The second-order valence-electron chi connectivity index (χ2n) is 5.27. The number of benzene rings is 1. The largest absolute Gasteiger partial charge is 0.372 e. The van der Waals surface area contributed by atoms with Gasteiger partial charge in [0.1, 0.15) is 0 Å². The number of hydrogen-bond acceptors (Lipinski definition) is 3. The fourth-order valence-corrected chi connectivity index (χ4v) is 2.88. The molecule has 3 rings (SSSR count). The number of rotatable bonds is 2. The summed E-state index contributed by atoms with van der Waals surface area (Å²) in [5, 5.41) is 0. The lowest BCUT2D eigenvalue weighted by Gasteiger charge is -2.29. The van der Waals surface area contributed by atoms with Crippen molar-refractivity contribution in [2.45, 2.75) is 25.7 Å². The molecular weight excluding hydrogens is 224 g/mol. The van der Waals surface area contributed by atoms with Gasteiger partial charge < -0.3 is 9.80 Å². The van der Waals surface area contributed by atoms with Gasteiger partial charge in [0.15, 0.2) is 5.78 Å². The SMILES string of the molecule is O=C1CCN(c2ccc(N3CCCCC3)cc2)C1. The summed E-state index contributed by atoms with van der Waals surface area (Å²) >= 11 is 0. The van der Waals surface area contributed by atoms with E-state index in [1.165, 1.54) is 43.7 Å². The number of anilines is 2. The molecule has 0 N–H and O–H groups in total. The quantitative estimate of drug-likeness (QED) is 0.798. The third-order valence-electron chi connectivity index (χ3n) is 3.96. The minimum atomic E-state index is 0.357. The highest BCUT2D eigenvalue weighted by atomic mass is 16.1. The molecule has 0 spiro atoms. The van der Waals surface area contributed by atoms with Gasteiger partial charge in [0.2, 0.25) is 0 Å². The van der Waals surface area contributed by atoms with Gasteiger partial charge in [0, 0.05) is 37.4 Å². The van der Waals surface area contributed by atoms with Crippen molar-refractivity contribution >= 4 is 17.2 Å². The number of piperidine rings is 1. The van der Waals surface area contributed by atoms with E-state index >= 15 is 0 Å². The van der Waals surface area contributed by atoms with Crippen molar-refractivity contribution in [2.75, 3.05) is 36.0 Å². The number of carbonyl (C=O) groups excluding carboxylic acids is 1. The Hall–Kier alpha value is -1.51. The summed E-state index contributed by atoms with van der Waals surface area (Å²) in [4.78, 5) is 15.9. The molecule has 0 radical (unpaired) electrons.